The third kappa shape index (κ3) is 4.66. The number of likely N-dealkylation sites (tertiary alicyclic amines) is 1. The molecule has 0 bridgehead atoms. The summed E-state index contributed by atoms with van der Waals surface area (Å²) in [4.78, 5) is 2.55. The average Bonchev–Trinajstić information content (AvgIpc) is 2.38. The van der Waals surface area contributed by atoms with Gasteiger partial charge in [0, 0.05) is 13.1 Å². The zero-order valence-corrected chi connectivity index (χ0v) is 15.4. The molecule has 1 aromatic carbocycles. The van der Waals surface area contributed by atoms with Crippen LogP contribution >= 0.6 is 0 Å². The molecule has 0 spiro atoms. The van der Waals surface area contributed by atoms with Crippen LogP contribution in [-0.4, -0.2) is 32.4 Å². The second-order valence-electron chi connectivity index (χ2n) is 7.86. The summed E-state index contributed by atoms with van der Waals surface area (Å²) in [6.07, 6.45) is 2.90. The van der Waals surface area contributed by atoms with Crippen LogP contribution in [-0.2, 0) is 11.0 Å². The fourth-order valence-corrected chi connectivity index (χ4v) is 4.07. The van der Waals surface area contributed by atoms with Gasteiger partial charge in [-0.1, -0.05) is 51.1 Å². The molecule has 2 nitrogen and oxygen atoms in total. The predicted molar refractivity (Wildman–Crippen MR) is 93.0 cm³/mol. The highest BCUT2D eigenvalue weighted by Gasteiger charge is 2.39. The van der Waals surface area contributed by atoms with E-state index in [1.165, 1.54) is 24.9 Å². The van der Waals surface area contributed by atoms with E-state index in [0.29, 0.717) is 11.1 Å². The largest absolute Gasteiger partial charge is 0.413 e. The minimum Gasteiger partial charge on any atom is -0.413 e. The zero-order valence-electron chi connectivity index (χ0n) is 14.4. The van der Waals surface area contributed by atoms with E-state index in [1.807, 2.05) is 0 Å². The van der Waals surface area contributed by atoms with Gasteiger partial charge in [0.25, 0.3) is 0 Å². The lowest BCUT2D eigenvalue weighted by molar-refractivity contribution is 0.0741. The van der Waals surface area contributed by atoms with Gasteiger partial charge in [0.1, 0.15) is 0 Å². The molecule has 0 saturated carbocycles. The summed E-state index contributed by atoms with van der Waals surface area (Å²) >= 11 is 0. The molecule has 0 aromatic heterocycles. The van der Waals surface area contributed by atoms with E-state index in [0.717, 1.165) is 13.1 Å². The Morgan fingerprint density at radius 1 is 1.19 bits per heavy atom. The Morgan fingerprint density at radius 2 is 1.86 bits per heavy atom. The second kappa shape index (κ2) is 6.63. The first-order valence-electron chi connectivity index (χ1n) is 8.22. The summed E-state index contributed by atoms with van der Waals surface area (Å²) in [5.41, 5.74) is 1.41. The van der Waals surface area contributed by atoms with Crippen LogP contribution in [0.25, 0.3) is 0 Å². The van der Waals surface area contributed by atoms with Gasteiger partial charge in [-0.15, -0.1) is 0 Å². The van der Waals surface area contributed by atoms with Crippen LogP contribution in [0, 0.1) is 0 Å². The molecule has 0 radical (unpaired) electrons. The summed E-state index contributed by atoms with van der Waals surface area (Å²) in [5, 5.41) is 0.300. The van der Waals surface area contributed by atoms with Crippen molar-refractivity contribution in [1.82, 2.24) is 4.90 Å². The molecule has 0 N–H and O–H groups in total. The van der Waals surface area contributed by atoms with Crippen molar-refractivity contribution in [2.45, 2.75) is 64.4 Å². The Labute approximate surface area is 131 Å². The standard InChI is InChI=1S/C18H31NOSi/c1-18(2,3)21(4,5)20-17-12-9-13-19(15-17)14-16-10-7-6-8-11-16/h6-8,10-11,17H,9,12-15H2,1-5H3/t17-/m1/s1. The van der Waals surface area contributed by atoms with Crippen molar-refractivity contribution in [2.75, 3.05) is 13.1 Å². The van der Waals surface area contributed by atoms with Crippen molar-refractivity contribution in [3.05, 3.63) is 35.9 Å². The molecule has 0 amide bonds. The molecule has 0 unspecified atom stereocenters. The van der Waals surface area contributed by atoms with Crippen molar-refractivity contribution < 1.29 is 4.43 Å². The molecular weight excluding hydrogens is 274 g/mol. The van der Waals surface area contributed by atoms with Crippen LogP contribution in [0.2, 0.25) is 18.1 Å². The van der Waals surface area contributed by atoms with Crippen LogP contribution in [0.3, 0.4) is 0 Å². The molecule has 21 heavy (non-hydrogen) atoms. The van der Waals surface area contributed by atoms with Crippen molar-refractivity contribution in [3.63, 3.8) is 0 Å². The molecule has 1 fully saturated rings. The van der Waals surface area contributed by atoms with E-state index in [9.17, 15) is 0 Å². The van der Waals surface area contributed by atoms with Crippen LogP contribution in [0.15, 0.2) is 30.3 Å². The molecule has 118 valence electrons. The first-order valence-corrected chi connectivity index (χ1v) is 11.1. The topological polar surface area (TPSA) is 12.5 Å². The van der Waals surface area contributed by atoms with Crippen molar-refractivity contribution in [2.24, 2.45) is 0 Å². The number of benzene rings is 1. The first kappa shape index (κ1) is 16.7. The van der Waals surface area contributed by atoms with Crippen LogP contribution in [0.4, 0.5) is 0 Å². The van der Waals surface area contributed by atoms with Gasteiger partial charge in [0.2, 0.25) is 0 Å². The van der Waals surface area contributed by atoms with E-state index < -0.39 is 8.32 Å². The molecule has 1 aromatic rings. The van der Waals surface area contributed by atoms with Gasteiger partial charge in [-0.2, -0.15) is 0 Å². The van der Waals surface area contributed by atoms with E-state index in [1.54, 1.807) is 0 Å². The zero-order chi connectivity index (χ0) is 15.5. The maximum Gasteiger partial charge on any atom is 0.192 e. The van der Waals surface area contributed by atoms with Crippen LogP contribution in [0.1, 0.15) is 39.2 Å². The Balaban J connectivity index is 1.92. The molecule has 0 aliphatic carbocycles. The highest BCUT2D eigenvalue weighted by atomic mass is 28.4. The lowest BCUT2D eigenvalue weighted by atomic mass is 10.1. The predicted octanol–water partition coefficient (Wildman–Crippen LogP) is 4.67. The van der Waals surface area contributed by atoms with Gasteiger partial charge in [-0.25, -0.2) is 0 Å². The molecule has 1 aliphatic rings. The third-order valence-electron chi connectivity index (χ3n) is 4.98. The van der Waals surface area contributed by atoms with Gasteiger partial charge < -0.3 is 4.43 Å². The van der Waals surface area contributed by atoms with E-state index in [2.05, 4.69) is 69.1 Å². The summed E-state index contributed by atoms with van der Waals surface area (Å²) in [5.74, 6) is 0. The maximum atomic E-state index is 6.61. The average molecular weight is 306 g/mol. The van der Waals surface area contributed by atoms with E-state index in [4.69, 9.17) is 4.43 Å². The molecule has 1 heterocycles. The highest BCUT2D eigenvalue weighted by molar-refractivity contribution is 6.74. The second-order valence-corrected chi connectivity index (χ2v) is 12.6. The molecular formula is C18H31NOSi. The van der Waals surface area contributed by atoms with E-state index >= 15 is 0 Å². The normalized spacial score (nSPS) is 21.5. The Bertz CT molecular complexity index is 438. The van der Waals surface area contributed by atoms with E-state index in [-0.39, 0.29) is 0 Å². The summed E-state index contributed by atoms with van der Waals surface area (Å²) in [6.45, 7) is 15.0. The number of hydrogen-bond acceptors (Lipinski definition) is 2. The lowest BCUT2D eigenvalue weighted by Crippen LogP contribution is -2.48. The number of nitrogens with zero attached hydrogens (tertiary/aromatic N) is 1. The Hall–Kier alpha value is -0.643. The fourth-order valence-electron chi connectivity index (χ4n) is 2.69. The number of piperidine rings is 1. The smallest absolute Gasteiger partial charge is 0.192 e. The minimum absolute atomic E-state index is 0.300. The van der Waals surface area contributed by atoms with Crippen molar-refractivity contribution in [1.29, 1.82) is 0 Å². The van der Waals surface area contributed by atoms with Crippen molar-refractivity contribution in [3.8, 4) is 0 Å². The quantitative estimate of drug-likeness (QED) is 0.749. The van der Waals surface area contributed by atoms with Gasteiger partial charge in [-0.05, 0) is 43.1 Å². The molecule has 1 saturated heterocycles. The van der Waals surface area contributed by atoms with Gasteiger partial charge in [0.05, 0.1) is 6.10 Å². The molecule has 1 atom stereocenters. The molecule has 2 rings (SSSR count). The summed E-state index contributed by atoms with van der Waals surface area (Å²) in [7, 11) is -1.64. The Morgan fingerprint density at radius 3 is 2.48 bits per heavy atom. The first-order chi connectivity index (χ1) is 9.78. The van der Waals surface area contributed by atoms with Gasteiger partial charge in [0.15, 0.2) is 8.32 Å². The Kier molecular flexibility index (Phi) is 5.28. The molecule has 1 aliphatic heterocycles. The van der Waals surface area contributed by atoms with Crippen LogP contribution < -0.4 is 0 Å². The fraction of sp³-hybridized carbons (Fsp3) is 0.667. The minimum atomic E-state index is -1.64. The summed E-state index contributed by atoms with van der Waals surface area (Å²) < 4.78 is 6.61. The summed E-state index contributed by atoms with van der Waals surface area (Å²) in [6, 6.07) is 10.8. The van der Waals surface area contributed by atoms with Gasteiger partial charge in [-0.3, -0.25) is 4.90 Å². The van der Waals surface area contributed by atoms with Gasteiger partial charge >= 0.3 is 0 Å². The SMILES string of the molecule is CC(C)(C)[Si](C)(C)O[C@@H]1CCCN(Cc2ccccc2)C1. The lowest BCUT2D eigenvalue weighted by Gasteiger charge is -2.42. The monoisotopic (exact) mass is 305 g/mol. The maximum absolute atomic E-state index is 6.61. The number of rotatable bonds is 4. The third-order valence-corrected chi connectivity index (χ3v) is 9.51. The number of hydrogen-bond donors (Lipinski definition) is 0. The molecule has 3 heteroatoms. The van der Waals surface area contributed by atoms with Crippen molar-refractivity contribution >= 4 is 8.32 Å². The highest BCUT2D eigenvalue weighted by Crippen LogP contribution is 2.38. The van der Waals surface area contributed by atoms with Crippen LogP contribution in [0.5, 0.6) is 0 Å².